The maximum atomic E-state index is 12.1. The number of aryl methyl sites for hydroxylation is 1. The first-order chi connectivity index (χ1) is 16.0. The molecule has 0 fully saturated rings. The highest BCUT2D eigenvalue weighted by atomic mass is 16.5. The number of nitrogens with zero attached hydrogens (tertiary/aromatic N) is 5. The molecule has 4 rings (SSSR count). The van der Waals surface area contributed by atoms with Crippen LogP contribution in [0.1, 0.15) is 18.9 Å². The van der Waals surface area contributed by atoms with Gasteiger partial charge in [0.1, 0.15) is 18.1 Å². The smallest absolute Gasteiger partial charge is 0.268 e. The predicted molar refractivity (Wildman–Crippen MR) is 126 cm³/mol. The van der Waals surface area contributed by atoms with Crippen LogP contribution in [0.25, 0.3) is 34.3 Å². The van der Waals surface area contributed by atoms with E-state index in [2.05, 4.69) is 20.2 Å². The molecule has 0 bridgehead atoms. The van der Waals surface area contributed by atoms with Crippen LogP contribution in [0.5, 0.6) is 5.75 Å². The average molecular weight is 450 g/mol. The summed E-state index contributed by atoms with van der Waals surface area (Å²) in [6.07, 6.45) is 1.66. The van der Waals surface area contributed by atoms with Gasteiger partial charge in [-0.1, -0.05) is 24.3 Å². The van der Waals surface area contributed by atoms with Crippen LogP contribution in [0.3, 0.4) is 0 Å². The molecule has 9 nitrogen and oxygen atoms in total. The summed E-state index contributed by atoms with van der Waals surface area (Å²) >= 11 is 0. The molecule has 9 heteroatoms. The Balaban J connectivity index is 0.00000216. The molecule has 33 heavy (non-hydrogen) atoms. The number of aliphatic hydroxyl groups excluding tert-OH is 1. The number of para-hydroxylation sites is 1. The first-order valence-electron chi connectivity index (χ1n) is 10.3. The number of carbonyl (C=O) groups is 1. The van der Waals surface area contributed by atoms with Crippen molar-refractivity contribution in [3.63, 3.8) is 0 Å². The highest BCUT2D eigenvalue weighted by Crippen LogP contribution is 2.31. The minimum atomic E-state index is -0.102. The third kappa shape index (κ3) is 4.73. The van der Waals surface area contributed by atoms with E-state index in [4.69, 9.17) is 14.3 Å². The van der Waals surface area contributed by atoms with E-state index in [0.29, 0.717) is 34.0 Å². The molecule has 0 aliphatic heterocycles. The first kappa shape index (κ1) is 22.1. The monoisotopic (exact) mass is 449 g/mol. The van der Waals surface area contributed by atoms with Crippen molar-refractivity contribution in [3.05, 3.63) is 66.0 Å². The Hall–Kier alpha value is -4.11. The van der Waals surface area contributed by atoms with Crippen LogP contribution < -0.4 is 4.74 Å². The third-order valence-corrected chi connectivity index (χ3v) is 4.88. The molecule has 0 aliphatic carbocycles. The molecule has 0 saturated carbocycles. The van der Waals surface area contributed by atoms with Gasteiger partial charge in [0.2, 0.25) is 0 Å². The summed E-state index contributed by atoms with van der Waals surface area (Å²) in [7, 11) is 3.42. The molecule has 172 valence electrons. The van der Waals surface area contributed by atoms with Gasteiger partial charge < -0.3 is 19.2 Å². The SMILES string of the molecule is Cc1ncc(-c2ccc(C(=O)N(C)C)cc2)nc1-c1nnc(-c2ccccc2OCCO)o1.[HH].[HH]. The summed E-state index contributed by atoms with van der Waals surface area (Å²) in [5.74, 6) is 0.967. The van der Waals surface area contributed by atoms with E-state index >= 15 is 0 Å². The van der Waals surface area contributed by atoms with Crippen LogP contribution in [0.15, 0.2) is 59.1 Å². The fourth-order valence-corrected chi connectivity index (χ4v) is 3.19. The quantitative estimate of drug-likeness (QED) is 0.454. The van der Waals surface area contributed by atoms with Crippen LogP contribution >= 0.6 is 0 Å². The lowest BCUT2D eigenvalue weighted by molar-refractivity contribution is 0.0827. The van der Waals surface area contributed by atoms with Crippen molar-refractivity contribution < 1.29 is 21.9 Å². The van der Waals surface area contributed by atoms with Crippen molar-refractivity contribution in [1.82, 2.24) is 25.1 Å². The van der Waals surface area contributed by atoms with Crippen LogP contribution in [0.2, 0.25) is 0 Å². The van der Waals surface area contributed by atoms with E-state index in [9.17, 15) is 4.79 Å². The number of aromatic nitrogens is 4. The number of rotatable bonds is 7. The average Bonchev–Trinajstić information content (AvgIpc) is 3.32. The van der Waals surface area contributed by atoms with Gasteiger partial charge in [0.15, 0.2) is 0 Å². The fourth-order valence-electron chi connectivity index (χ4n) is 3.19. The van der Waals surface area contributed by atoms with Gasteiger partial charge in [-0.05, 0) is 31.2 Å². The topological polar surface area (TPSA) is 114 Å². The number of hydrogen-bond acceptors (Lipinski definition) is 8. The summed E-state index contributed by atoms with van der Waals surface area (Å²) in [5, 5.41) is 17.4. The van der Waals surface area contributed by atoms with Crippen molar-refractivity contribution >= 4 is 5.91 Å². The van der Waals surface area contributed by atoms with Gasteiger partial charge in [-0.3, -0.25) is 9.78 Å². The van der Waals surface area contributed by atoms with Crippen molar-refractivity contribution in [1.29, 1.82) is 0 Å². The minimum absolute atomic E-state index is 0. The Morgan fingerprint density at radius 3 is 2.55 bits per heavy atom. The van der Waals surface area contributed by atoms with Crippen LogP contribution in [0.4, 0.5) is 0 Å². The summed E-state index contributed by atoms with van der Waals surface area (Å²) < 4.78 is 11.5. The van der Waals surface area contributed by atoms with E-state index in [1.165, 1.54) is 4.90 Å². The van der Waals surface area contributed by atoms with Gasteiger partial charge in [-0.25, -0.2) is 4.98 Å². The van der Waals surface area contributed by atoms with Crippen molar-refractivity contribution in [2.75, 3.05) is 27.3 Å². The number of amides is 1. The molecular weight excluding hydrogens is 422 g/mol. The largest absolute Gasteiger partial charge is 0.490 e. The molecule has 0 saturated heterocycles. The lowest BCUT2D eigenvalue weighted by Gasteiger charge is -2.10. The van der Waals surface area contributed by atoms with Crippen molar-refractivity contribution in [2.45, 2.75) is 6.92 Å². The Labute approximate surface area is 193 Å². The molecule has 2 heterocycles. The first-order valence-corrected chi connectivity index (χ1v) is 10.3. The van der Waals surface area contributed by atoms with Gasteiger partial charge in [-0.15, -0.1) is 10.2 Å². The number of hydrogen-bond donors (Lipinski definition) is 1. The maximum Gasteiger partial charge on any atom is 0.268 e. The molecular formula is C24H27N5O4. The molecule has 2 aromatic carbocycles. The Bertz CT molecular complexity index is 1280. The van der Waals surface area contributed by atoms with Crippen LogP contribution in [0, 0.1) is 6.92 Å². The highest BCUT2D eigenvalue weighted by Gasteiger charge is 2.18. The summed E-state index contributed by atoms with van der Waals surface area (Å²) in [5.41, 5.74) is 3.74. The van der Waals surface area contributed by atoms with Gasteiger partial charge in [-0.2, -0.15) is 0 Å². The summed E-state index contributed by atoms with van der Waals surface area (Å²) in [6, 6.07) is 14.4. The van der Waals surface area contributed by atoms with Gasteiger partial charge in [0.05, 0.1) is 29.8 Å². The van der Waals surface area contributed by atoms with E-state index in [1.807, 2.05) is 31.2 Å². The molecule has 0 atom stereocenters. The summed E-state index contributed by atoms with van der Waals surface area (Å²) in [6.45, 7) is 1.87. The Kier molecular flexibility index (Phi) is 6.41. The molecule has 4 aromatic rings. The number of benzene rings is 2. The second-order valence-corrected chi connectivity index (χ2v) is 7.45. The number of aliphatic hydroxyl groups is 1. The zero-order chi connectivity index (χ0) is 23.4. The molecule has 1 N–H and O–H groups in total. The van der Waals surface area contributed by atoms with Crippen molar-refractivity contribution in [2.24, 2.45) is 0 Å². The zero-order valence-corrected chi connectivity index (χ0v) is 18.5. The highest BCUT2D eigenvalue weighted by molar-refractivity contribution is 5.94. The van der Waals surface area contributed by atoms with Crippen molar-refractivity contribution in [3.8, 4) is 40.0 Å². The molecule has 1 amide bonds. The molecule has 0 spiro atoms. The number of carbonyl (C=O) groups excluding carboxylic acids is 1. The molecule has 0 radical (unpaired) electrons. The second kappa shape index (κ2) is 9.58. The second-order valence-electron chi connectivity index (χ2n) is 7.45. The Morgan fingerprint density at radius 2 is 1.82 bits per heavy atom. The normalized spacial score (nSPS) is 10.8. The standard InChI is InChI=1S/C24H23N5O4.2H2/c1-15-21(23-28-27-22(33-23)18-6-4-5-7-20(18)32-13-12-30)26-19(14-25-15)16-8-10-17(11-9-16)24(31)29(2)3;;/h4-11,14,30H,12-13H2,1-3H3;2*1H. The van der Waals surface area contributed by atoms with Crippen LogP contribution in [-0.2, 0) is 0 Å². The summed E-state index contributed by atoms with van der Waals surface area (Å²) in [4.78, 5) is 22.8. The molecule has 0 unspecified atom stereocenters. The number of ether oxygens (including phenoxy) is 1. The van der Waals surface area contributed by atoms with E-state index < -0.39 is 0 Å². The van der Waals surface area contributed by atoms with Gasteiger partial charge >= 0.3 is 0 Å². The van der Waals surface area contributed by atoms with E-state index in [0.717, 1.165) is 5.56 Å². The Morgan fingerprint density at radius 1 is 1.09 bits per heavy atom. The molecule has 0 aliphatic rings. The fraction of sp³-hybridized carbons (Fsp3) is 0.208. The van der Waals surface area contributed by atoms with Crippen LogP contribution in [-0.4, -0.2) is 63.4 Å². The lowest BCUT2D eigenvalue weighted by Crippen LogP contribution is -2.21. The van der Waals surface area contributed by atoms with E-state index in [1.54, 1.807) is 44.6 Å². The zero-order valence-electron chi connectivity index (χ0n) is 18.5. The van der Waals surface area contributed by atoms with Gasteiger partial charge in [0.25, 0.3) is 17.7 Å². The molecule has 2 aromatic heterocycles. The van der Waals surface area contributed by atoms with E-state index in [-0.39, 0.29) is 33.8 Å². The lowest BCUT2D eigenvalue weighted by atomic mass is 10.1. The minimum Gasteiger partial charge on any atom is -0.490 e. The third-order valence-electron chi connectivity index (χ3n) is 4.88. The maximum absolute atomic E-state index is 12.1. The predicted octanol–water partition coefficient (Wildman–Crippen LogP) is 3.73. The van der Waals surface area contributed by atoms with Gasteiger partial charge in [0, 0.05) is 28.1 Å².